The number of ether oxygens (including phenoxy) is 2. The molecule has 2 aliphatic rings. The molecular formula is C8H15NO2. The van der Waals surface area contributed by atoms with Crippen molar-refractivity contribution in [3.8, 4) is 0 Å². The number of likely N-dealkylation sites (N-methyl/N-ethyl adjacent to an activating group) is 1. The summed E-state index contributed by atoms with van der Waals surface area (Å²) < 4.78 is 11.1. The first-order valence-corrected chi connectivity index (χ1v) is 4.35. The molecule has 0 bridgehead atoms. The molecule has 0 aromatic rings. The summed E-state index contributed by atoms with van der Waals surface area (Å²) in [5.41, 5.74) is 0. The number of hydrogen-bond donors (Lipinski definition) is 0. The van der Waals surface area contributed by atoms with Crippen LogP contribution in [0.4, 0.5) is 0 Å². The van der Waals surface area contributed by atoms with Crippen LogP contribution in [0, 0.1) is 0 Å². The lowest BCUT2D eigenvalue weighted by Crippen LogP contribution is -2.34. The van der Waals surface area contributed by atoms with Crippen LogP contribution in [-0.2, 0) is 9.47 Å². The molecule has 0 radical (unpaired) electrons. The van der Waals surface area contributed by atoms with Crippen molar-refractivity contribution < 1.29 is 9.47 Å². The van der Waals surface area contributed by atoms with Crippen LogP contribution in [-0.4, -0.2) is 43.5 Å². The second-order valence-corrected chi connectivity index (χ2v) is 3.23. The van der Waals surface area contributed by atoms with E-state index in [1.165, 1.54) is 0 Å². The van der Waals surface area contributed by atoms with Gasteiger partial charge in [0, 0.05) is 13.0 Å². The van der Waals surface area contributed by atoms with Crippen LogP contribution < -0.4 is 0 Å². The number of rotatable bonds is 1. The Bertz CT molecular complexity index is 143. The molecule has 0 aromatic heterocycles. The van der Waals surface area contributed by atoms with E-state index in [1.807, 2.05) is 0 Å². The molecule has 2 fully saturated rings. The zero-order valence-corrected chi connectivity index (χ0v) is 7.01. The molecule has 0 atom stereocenters. The molecule has 2 aliphatic heterocycles. The summed E-state index contributed by atoms with van der Waals surface area (Å²) >= 11 is 0. The largest absolute Gasteiger partial charge is 0.346 e. The molecule has 11 heavy (non-hydrogen) atoms. The smallest absolute Gasteiger partial charge is 0.182 e. The van der Waals surface area contributed by atoms with Gasteiger partial charge in [0.1, 0.15) is 0 Å². The van der Waals surface area contributed by atoms with Gasteiger partial charge in [0.05, 0.1) is 19.8 Å². The van der Waals surface area contributed by atoms with E-state index in [4.69, 9.17) is 9.47 Å². The molecule has 0 saturated carbocycles. The minimum Gasteiger partial charge on any atom is -0.346 e. The van der Waals surface area contributed by atoms with Crippen molar-refractivity contribution in [1.29, 1.82) is 0 Å². The van der Waals surface area contributed by atoms with Gasteiger partial charge in [0.25, 0.3) is 0 Å². The monoisotopic (exact) mass is 157 g/mol. The second kappa shape index (κ2) is 2.73. The normalized spacial score (nSPS) is 30.3. The van der Waals surface area contributed by atoms with E-state index in [-0.39, 0.29) is 5.79 Å². The third-order valence-corrected chi connectivity index (χ3v) is 2.53. The third kappa shape index (κ3) is 1.28. The average Bonchev–Trinajstić information content (AvgIpc) is 2.62. The Morgan fingerprint density at radius 2 is 2.09 bits per heavy atom. The third-order valence-electron chi connectivity index (χ3n) is 2.53. The molecule has 2 rings (SSSR count). The summed E-state index contributed by atoms with van der Waals surface area (Å²) in [7, 11) is 0. The van der Waals surface area contributed by atoms with Crippen LogP contribution in [0.25, 0.3) is 0 Å². The molecule has 0 amide bonds. The summed E-state index contributed by atoms with van der Waals surface area (Å²) in [6, 6.07) is 0. The van der Waals surface area contributed by atoms with Crippen molar-refractivity contribution in [2.75, 3.05) is 32.8 Å². The zero-order valence-electron chi connectivity index (χ0n) is 7.01. The Morgan fingerprint density at radius 1 is 1.36 bits per heavy atom. The van der Waals surface area contributed by atoms with Gasteiger partial charge in [-0.2, -0.15) is 0 Å². The number of likely N-dealkylation sites (tertiary alicyclic amines) is 1. The van der Waals surface area contributed by atoms with E-state index in [9.17, 15) is 0 Å². The topological polar surface area (TPSA) is 21.7 Å². The maximum atomic E-state index is 5.57. The highest BCUT2D eigenvalue weighted by atomic mass is 16.7. The molecule has 2 saturated heterocycles. The minimum absolute atomic E-state index is 0.212. The zero-order chi connectivity index (χ0) is 7.73. The molecular weight excluding hydrogens is 142 g/mol. The van der Waals surface area contributed by atoms with Crippen molar-refractivity contribution in [1.82, 2.24) is 4.90 Å². The van der Waals surface area contributed by atoms with Crippen LogP contribution in [0.5, 0.6) is 0 Å². The minimum atomic E-state index is -0.212. The molecule has 1 spiro atoms. The van der Waals surface area contributed by atoms with Gasteiger partial charge in [-0.25, -0.2) is 0 Å². The highest BCUT2D eigenvalue weighted by Gasteiger charge is 2.42. The van der Waals surface area contributed by atoms with Crippen LogP contribution in [0.2, 0.25) is 0 Å². The Hall–Kier alpha value is -0.120. The molecule has 3 heteroatoms. The van der Waals surface area contributed by atoms with Gasteiger partial charge in [-0.15, -0.1) is 0 Å². The van der Waals surface area contributed by atoms with E-state index in [2.05, 4.69) is 11.8 Å². The molecule has 0 N–H and O–H groups in total. The Balaban J connectivity index is 1.96. The summed E-state index contributed by atoms with van der Waals surface area (Å²) in [6.07, 6.45) is 1.04. The van der Waals surface area contributed by atoms with Gasteiger partial charge < -0.3 is 9.47 Å². The van der Waals surface area contributed by atoms with Crippen molar-refractivity contribution in [2.24, 2.45) is 0 Å². The van der Waals surface area contributed by atoms with Gasteiger partial charge in [-0.05, 0) is 6.54 Å². The Kier molecular flexibility index (Phi) is 1.87. The average molecular weight is 157 g/mol. The highest BCUT2D eigenvalue weighted by molar-refractivity contribution is 4.85. The van der Waals surface area contributed by atoms with E-state index in [0.29, 0.717) is 0 Å². The van der Waals surface area contributed by atoms with Gasteiger partial charge in [-0.3, -0.25) is 4.90 Å². The Labute approximate surface area is 67.3 Å². The fourth-order valence-electron chi connectivity index (χ4n) is 1.83. The fourth-order valence-corrected chi connectivity index (χ4v) is 1.83. The molecule has 0 aliphatic carbocycles. The molecule has 0 aromatic carbocycles. The maximum Gasteiger partial charge on any atom is 0.182 e. The van der Waals surface area contributed by atoms with E-state index < -0.39 is 0 Å². The Morgan fingerprint density at radius 3 is 2.64 bits per heavy atom. The quantitative estimate of drug-likeness (QED) is 0.552. The SMILES string of the molecule is CCN1CCC2(C1)OCCO2. The summed E-state index contributed by atoms with van der Waals surface area (Å²) in [6.45, 7) is 6.91. The summed E-state index contributed by atoms with van der Waals surface area (Å²) in [4.78, 5) is 2.37. The van der Waals surface area contributed by atoms with Crippen molar-refractivity contribution in [3.05, 3.63) is 0 Å². The first-order valence-electron chi connectivity index (χ1n) is 4.35. The summed E-state index contributed by atoms with van der Waals surface area (Å²) in [5, 5.41) is 0. The van der Waals surface area contributed by atoms with Crippen molar-refractivity contribution in [2.45, 2.75) is 19.1 Å². The standard InChI is InChI=1S/C8H15NO2/c1-2-9-4-3-8(7-9)10-5-6-11-8/h2-7H2,1H3. The van der Waals surface area contributed by atoms with Gasteiger partial charge in [-0.1, -0.05) is 6.92 Å². The molecule has 3 nitrogen and oxygen atoms in total. The van der Waals surface area contributed by atoms with Gasteiger partial charge in [0.2, 0.25) is 0 Å². The lowest BCUT2D eigenvalue weighted by molar-refractivity contribution is -0.145. The number of nitrogens with zero attached hydrogens (tertiary/aromatic N) is 1. The fraction of sp³-hybridized carbons (Fsp3) is 1.00. The predicted octanol–water partition coefficient (Wildman–Crippen LogP) is 0.455. The van der Waals surface area contributed by atoms with Crippen LogP contribution >= 0.6 is 0 Å². The van der Waals surface area contributed by atoms with E-state index in [0.717, 1.165) is 39.3 Å². The van der Waals surface area contributed by atoms with Crippen LogP contribution in [0.1, 0.15) is 13.3 Å². The molecule has 2 heterocycles. The van der Waals surface area contributed by atoms with E-state index in [1.54, 1.807) is 0 Å². The van der Waals surface area contributed by atoms with Gasteiger partial charge >= 0.3 is 0 Å². The molecule has 0 unspecified atom stereocenters. The summed E-state index contributed by atoms with van der Waals surface area (Å²) in [5.74, 6) is -0.212. The van der Waals surface area contributed by atoms with Gasteiger partial charge in [0.15, 0.2) is 5.79 Å². The lowest BCUT2D eigenvalue weighted by atomic mass is 10.2. The van der Waals surface area contributed by atoms with Crippen LogP contribution in [0.3, 0.4) is 0 Å². The van der Waals surface area contributed by atoms with Crippen molar-refractivity contribution in [3.63, 3.8) is 0 Å². The second-order valence-electron chi connectivity index (χ2n) is 3.23. The number of hydrogen-bond acceptors (Lipinski definition) is 3. The maximum absolute atomic E-state index is 5.57. The first kappa shape index (κ1) is 7.53. The van der Waals surface area contributed by atoms with Crippen LogP contribution in [0.15, 0.2) is 0 Å². The lowest BCUT2D eigenvalue weighted by Gasteiger charge is -2.21. The highest BCUT2D eigenvalue weighted by Crippen LogP contribution is 2.29. The van der Waals surface area contributed by atoms with Crippen molar-refractivity contribution >= 4 is 0 Å². The van der Waals surface area contributed by atoms with E-state index >= 15 is 0 Å². The first-order chi connectivity index (χ1) is 5.35. The predicted molar refractivity (Wildman–Crippen MR) is 41.4 cm³/mol. The molecule has 64 valence electrons.